The highest BCUT2D eigenvalue weighted by atomic mass is 127. The number of aliphatic imine (C=N–C) groups is 1. The first-order valence-electron chi connectivity index (χ1n) is 8.56. The van der Waals surface area contributed by atoms with Gasteiger partial charge in [-0.1, -0.05) is 30.3 Å². The number of halogens is 1. The number of nitrogens with one attached hydrogen (secondary N) is 2. The zero-order valence-corrected chi connectivity index (χ0v) is 17.9. The lowest BCUT2D eigenvalue weighted by Gasteiger charge is -2.12. The first-order valence-corrected chi connectivity index (χ1v) is 8.56. The topological polar surface area (TPSA) is 65.9 Å². The molecule has 0 bridgehead atoms. The van der Waals surface area contributed by atoms with Crippen molar-refractivity contribution in [1.29, 1.82) is 0 Å². The normalized spacial score (nSPS) is 10.8. The molecule has 26 heavy (non-hydrogen) atoms. The van der Waals surface area contributed by atoms with Crippen LogP contribution in [0, 0.1) is 6.92 Å². The fourth-order valence-corrected chi connectivity index (χ4v) is 2.49. The Morgan fingerprint density at radius 3 is 2.54 bits per heavy atom. The van der Waals surface area contributed by atoms with Crippen LogP contribution >= 0.6 is 24.0 Å². The van der Waals surface area contributed by atoms with Crippen molar-refractivity contribution in [2.45, 2.75) is 26.8 Å². The molecular weight excluding hydrogens is 441 g/mol. The summed E-state index contributed by atoms with van der Waals surface area (Å²) >= 11 is 0. The maximum atomic E-state index is 10.0. The Morgan fingerprint density at radius 1 is 1.12 bits per heavy atom. The van der Waals surface area contributed by atoms with Crippen LogP contribution in [0.2, 0.25) is 0 Å². The minimum atomic E-state index is 0. The Morgan fingerprint density at radius 2 is 1.88 bits per heavy atom. The van der Waals surface area contributed by atoms with E-state index in [0.29, 0.717) is 25.3 Å². The average molecular weight is 469 g/mol. The molecule has 0 spiro atoms. The lowest BCUT2D eigenvalue weighted by atomic mass is 10.1. The first-order chi connectivity index (χ1) is 12.1. The van der Waals surface area contributed by atoms with Gasteiger partial charge < -0.3 is 20.5 Å². The van der Waals surface area contributed by atoms with E-state index in [1.54, 1.807) is 13.2 Å². The van der Waals surface area contributed by atoms with Crippen LogP contribution < -0.4 is 15.4 Å². The number of rotatable bonds is 7. The molecule has 0 heterocycles. The maximum Gasteiger partial charge on any atom is 0.191 e. The van der Waals surface area contributed by atoms with Gasteiger partial charge in [0.05, 0.1) is 13.7 Å². The van der Waals surface area contributed by atoms with E-state index < -0.39 is 0 Å². The van der Waals surface area contributed by atoms with Crippen LogP contribution in [0.15, 0.2) is 47.5 Å². The quantitative estimate of drug-likeness (QED) is 0.329. The van der Waals surface area contributed by atoms with Crippen molar-refractivity contribution in [1.82, 2.24) is 10.6 Å². The van der Waals surface area contributed by atoms with Gasteiger partial charge in [0.15, 0.2) is 5.96 Å². The summed E-state index contributed by atoms with van der Waals surface area (Å²) in [6, 6.07) is 13.6. The summed E-state index contributed by atoms with van der Waals surface area (Å²) in [6.45, 7) is 6.25. The van der Waals surface area contributed by atoms with Gasteiger partial charge in [-0.2, -0.15) is 0 Å². The number of phenolic OH excluding ortho intramolecular Hbond substituents is 1. The van der Waals surface area contributed by atoms with E-state index in [2.05, 4.69) is 34.7 Å². The van der Waals surface area contributed by atoms with Crippen molar-refractivity contribution in [3.05, 3.63) is 59.2 Å². The molecule has 2 rings (SSSR count). The van der Waals surface area contributed by atoms with Crippen molar-refractivity contribution in [3.63, 3.8) is 0 Å². The number of hydrogen-bond acceptors (Lipinski definition) is 3. The van der Waals surface area contributed by atoms with Crippen molar-refractivity contribution < 1.29 is 9.84 Å². The highest BCUT2D eigenvalue weighted by Gasteiger charge is 2.04. The zero-order chi connectivity index (χ0) is 18.1. The highest BCUT2D eigenvalue weighted by Crippen LogP contribution is 2.23. The number of aromatic hydroxyl groups is 1. The van der Waals surface area contributed by atoms with Crippen LogP contribution in [-0.4, -0.2) is 31.3 Å². The number of benzene rings is 2. The molecule has 0 amide bonds. The molecule has 0 saturated heterocycles. The van der Waals surface area contributed by atoms with Gasteiger partial charge in [0.25, 0.3) is 0 Å². The van der Waals surface area contributed by atoms with E-state index in [1.807, 2.05) is 31.2 Å². The van der Waals surface area contributed by atoms with Gasteiger partial charge in [-0.05, 0) is 43.0 Å². The Labute approximate surface area is 172 Å². The van der Waals surface area contributed by atoms with Gasteiger partial charge >= 0.3 is 0 Å². The molecule has 0 fully saturated rings. The van der Waals surface area contributed by atoms with E-state index in [9.17, 15) is 5.11 Å². The minimum absolute atomic E-state index is 0. The van der Waals surface area contributed by atoms with Crippen molar-refractivity contribution in [3.8, 4) is 11.5 Å². The minimum Gasteiger partial charge on any atom is -0.508 e. The van der Waals surface area contributed by atoms with Crippen LogP contribution in [0.5, 0.6) is 11.5 Å². The third-order valence-corrected chi connectivity index (χ3v) is 3.99. The maximum absolute atomic E-state index is 10.0. The molecule has 0 atom stereocenters. The molecule has 0 unspecified atom stereocenters. The summed E-state index contributed by atoms with van der Waals surface area (Å²) in [6.07, 6.45) is 0.699. The molecule has 0 aliphatic heterocycles. The predicted octanol–water partition coefficient (Wildman–Crippen LogP) is 3.63. The third-order valence-electron chi connectivity index (χ3n) is 3.99. The Kier molecular flexibility index (Phi) is 9.87. The fraction of sp³-hybridized carbons (Fsp3) is 0.350. The van der Waals surface area contributed by atoms with E-state index in [-0.39, 0.29) is 29.7 Å². The van der Waals surface area contributed by atoms with Crippen molar-refractivity contribution in [2.24, 2.45) is 4.99 Å². The molecule has 3 N–H and O–H groups in total. The average Bonchev–Trinajstić information content (AvgIpc) is 2.62. The second-order valence-electron chi connectivity index (χ2n) is 5.79. The third kappa shape index (κ3) is 6.74. The Bertz CT molecular complexity index is 720. The molecule has 142 valence electrons. The van der Waals surface area contributed by atoms with Gasteiger partial charge in [-0.15, -0.1) is 24.0 Å². The Hall–Kier alpha value is -1.96. The Balaban J connectivity index is 0.00000338. The molecule has 0 aliphatic rings. The molecule has 0 saturated carbocycles. The number of aryl methyl sites for hydroxylation is 1. The SMILES string of the molecule is CCNC(=NCc1ccccc1C)NCCc1ccc(OC)cc1O.I. The zero-order valence-electron chi connectivity index (χ0n) is 15.6. The van der Waals surface area contributed by atoms with Gasteiger partial charge in [-0.3, -0.25) is 0 Å². The highest BCUT2D eigenvalue weighted by molar-refractivity contribution is 14.0. The standard InChI is InChI=1S/C20H27N3O2.HI/c1-4-21-20(23-14-17-8-6-5-7-15(17)2)22-12-11-16-9-10-18(25-3)13-19(16)24;/h5-10,13,24H,4,11-12,14H2,1-3H3,(H2,21,22,23);1H. The number of hydrogen-bond donors (Lipinski definition) is 3. The predicted molar refractivity (Wildman–Crippen MR) is 118 cm³/mol. The summed E-state index contributed by atoms with van der Waals surface area (Å²) in [5.41, 5.74) is 3.33. The lowest BCUT2D eigenvalue weighted by Crippen LogP contribution is -2.38. The summed E-state index contributed by atoms with van der Waals surface area (Å²) in [5.74, 6) is 1.68. The van der Waals surface area contributed by atoms with E-state index in [4.69, 9.17) is 4.74 Å². The van der Waals surface area contributed by atoms with Gasteiger partial charge in [-0.25, -0.2) is 4.99 Å². The fourth-order valence-electron chi connectivity index (χ4n) is 2.49. The van der Waals surface area contributed by atoms with Gasteiger partial charge in [0, 0.05) is 19.2 Å². The summed E-state index contributed by atoms with van der Waals surface area (Å²) < 4.78 is 5.10. The summed E-state index contributed by atoms with van der Waals surface area (Å²) in [4.78, 5) is 4.64. The van der Waals surface area contributed by atoms with Crippen molar-refractivity contribution in [2.75, 3.05) is 20.2 Å². The molecule has 0 aromatic heterocycles. The van der Waals surface area contributed by atoms with Crippen LogP contribution in [0.4, 0.5) is 0 Å². The molecular formula is C20H28IN3O2. The summed E-state index contributed by atoms with van der Waals surface area (Å²) in [5, 5.41) is 16.6. The largest absolute Gasteiger partial charge is 0.508 e. The van der Waals surface area contributed by atoms with Crippen LogP contribution in [0.3, 0.4) is 0 Å². The molecule has 2 aromatic rings. The molecule has 0 aliphatic carbocycles. The van der Waals surface area contributed by atoms with Crippen molar-refractivity contribution >= 4 is 29.9 Å². The van der Waals surface area contributed by atoms with Gasteiger partial charge in [0.2, 0.25) is 0 Å². The van der Waals surface area contributed by atoms with E-state index in [0.717, 1.165) is 18.1 Å². The van der Waals surface area contributed by atoms with Crippen LogP contribution in [-0.2, 0) is 13.0 Å². The summed E-state index contributed by atoms with van der Waals surface area (Å²) in [7, 11) is 1.59. The molecule has 6 heteroatoms. The number of ether oxygens (including phenoxy) is 1. The lowest BCUT2D eigenvalue weighted by molar-refractivity contribution is 0.406. The van der Waals surface area contributed by atoms with E-state index >= 15 is 0 Å². The first kappa shape index (κ1) is 22.1. The molecule has 5 nitrogen and oxygen atoms in total. The number of nitrogens with zero attached hydrogens (tertiary/aromatic N) is 1. The monoisotopic (exact) mass is 469 g/mol. The number of phenols is 1. The van der Waals surface area contributed by atoms with Crippen LogP contribution in [0.1, 0.15) is 23.6 Å². The smallest absolute Gasteiger partial charge is 0.191 e. The number of methoxy groups -OCH3 is 1. The molecule has 2 aromatic carbocycles. The second kappa shape index (κ2) is 11.6. The molecule has 0 radical (unpaired) electrons. The van der Waals surface area contributed by atoms with Crippen LogP contribution in [0.25, 0.3) is 0 Å². The van der Waals surface area contributed by atoms with E-state index in [1.165, 1.54) is 11.1 Å². The second-order valence-corrected chi connectivity index (χ2v) is 5.79. The number of guanidine groups is 1. The van der Waals surface area contributed by atoms with Gasteiger partial charge in [0.1, 0.15) is 11.5 Å².